The van der Waals surface area contributed by atoms with Crippen LogP contribution in [0.3, 0.4) is 0 Å². The highest BCUT2D eigenvalue weighted by Crippen LogP contribution is 2.36. The van der Waals surface area contributed by atoms with Crippen molar-refractivity contribution in [1.82, 2.24) is 0 Å². The molecule has 0 aromatic carbocycles. The van der Waals surface area contributed by atoms with Crippen LogP contribution in [0.2, 0.25) is 0 Å². The highest BCUT2D eigenvalue weighted by Gasteiger charge is 2.37. The normalized spacial score (nSPS) is 27.2. The van der Waals surface area contributed by atoms with Crippen LogP contribution in [-0.2, 0) is 9.47 Å². The second kappa shape index (κ2) is 2.98. The third-order valence-electron chi connectivity index (χ3n) is 2.54. The van der Waals surface area contributed by atoms with Gasteiger partial charge in [0.25, 0.3) is 0 Å². The summed E-state index contributed by atoms with van der Waals surface area (Å²) in [6.07, 6.45) is 5.34. The first-order valence-corrected chi connectivity index (χ1v) is 4.49. The summed E-state index contributed by atoms with van der Waals surface area (Å²) in [5, 5.41) is 10.0. The molecule has 2 rings (SSSR count). The molecule has 68 valence electrons. The van der Waals surface area contributed by atoms with E-state index in [1.54, 1.807) is 6.26 Å². The molecule has 0 amide bonds. The first-order chi connectivity index (χ1) is 5.81. The molecule has 1 aliphatic heterocycles. The van der Waals surface area contributed by atoms with Crippen LogP contribution in [0.15, 0.2) is 12.0 Å². The SMILES string of the molecule is OC1(C2=COCCO2)CCCC1. The zero-order chi connectivity index (χ0) is 8.44. The number of hydrogen-bond donors (Lipinski definition) is 1. The zero-order valence-corrected chi connectivity index (χ0v) is 7.08. The van der Waals surface area contributed by atoms with Crippen molar-refractivity contribution in [2.45, 2.75) is 31.3 Å². The van der Waals surface area contributed by atoms with E-state index in [0.717, 1.165) is 25.7 Å². The van der Waals surface area contributed by atoms with Gasteiger partial charge in [0.15, 0.2) is 5.76 Å². The summed E-state index contributed by atoms with van der Waals surface area (Å²) in [6, 6.07) is 0. The lowest BCUT2D eigenvalue weighted by Crippen LogP contribution is -2.31. The highest BCUT2D eigenvalue weighted by atomic mass is 16.6. The molecular weight excluding hydrogens is 156 g/mol. The van der Waals surface area contributed by atoms with E-state index in [0.29, 0.717) is 19.0 Å². The molecule has 0 radical (unpaired) electrons. The molecule has 0 atom stereocenters. The Bertz CT molecular complexity index is 192. The lowest BCUT2D eigenvalue weighted by molar-refractivity contribution is -0.0195. The molecule has 0 saturated heterocycles. The van der Waals surface area contributed by atoms with E-state index < -0.39 is 5.60 Å². The quantitative estimate of drug-likeness (QED) is 0.642. The molecule has 1 N–H and O–H groups in total. The van der Waals surface area contributed by atoms with E-state index in [1.165, 1.54) is 0 Å². The maximum atomic E-state index is 10.0. The van der Waals surface area contributed by atoms with Crippen molar-refractivity contribution in [3.05, 3.63) is 12.0 Å². The number of rotatable bonds is 1. The van der Waals surface area contributed by atoms with E-state index in [9.17, 15) is 5.11 Å². The largest absolute Gasteiger partial charge is 0.494 e. The molecule has 1 aliphatic carbocycles. The second-order valence-electron chi connectivity index (χ2n) is 3.44. The van der Waals surface area contributed by atoms with Gasteiger partial charge in [-0.2, -0.15) is 0 Å². The lowest BCUT2D eigenvalue weighted by Gasteiger charge is -2.27. The molecule has 3 nitrogen and oxygen atoms in total. The van der Waals surface area contributed by atoms with Gasteiger partial charge in [-0.1, -0.05) is 0 Å². The van der Waals surface area contributed by atoms with Crippen LogP contribution in [0, 0.1) is 0 Å². The van der Waals surface area contributed by atoms with Crippen LogP contribution in [0.1, 0.15) is 25.7 Å². The fraction of sp³-hybridized carbons (Fsp3) is 0.778. The minimum atomic E-state index is -0.722. The predicted molar refractivity (Wildman–Crippen MR) is 43.4 cm³/mol. The number of aliphatic hydroxyl groups is 1. The third-order valence-corrected chi connectivity index (χ3v) is 2.54. The van der Waals surface area contributed by atoms with E-state index >= 15 is 0 Å². The van der Waals surface area contributed by atoms with Crippen molar-refractivity contribution < 1.29 is 14.6 Å². The molecule has 3 heteroatoms. The van der Waals surface area contributed by atoms with Crippen molar-refractivity contribution in [3.63, 3.8) is 0 Å². The number of ether oxygens (including phenoxy) is 2. The van der Waals surface area contributed by atoms with E-state index in [1.807, 2.05) is 0 Å². The summed E-state index contributed by atoms with van der Waals surface area (Å²) in [5.74, 6) is 0.631. The minimum Gasteiger partial charge on any atom is -0.494 e. The zero-order valence-electron chi connectivity index (χ0n) is 7.08. The third kappa shape index (κ3) is 1.29. The Balaban J connectivity index is 2.10. The van der Waals surface area contributed by atoms with Gasteiger partial charge < -0.3 is 14.6 Å². The molecule has 0 bridgehead atoms. The maximum Gasteiger partial charge on any atom is 0.162 e. The van der Waals surface area contributed by atoms with Crippen LogP contribution in [-0.4, -0.2) is 23.9 Å². The molecule has 0 spiro atoms. The summed E-state index contributed by atoms with van der Waals surface area (Å²) < 4.78 is 10.5. The second-order valence-corrected chi connectivity index (χ2v) is 3.44. The first-order valence-electron chi connectivity index (χ1n) is 4.49. The van der Waals surface area contributed by atoms with Crippen molar-refractivity contribution in [2.75, 3.05) is 13.2 Å². The molecule has 0 aromatic heterocycles. The Hall–Kier alpha value is -0.700. The molecule has 0 aromatic rings. The molecule has 0 unspecified atom stereocenters. The Labute approximate surface area is 72.0 Å². The lowest BCUT2D eigenvalue weighted by atomic mass is 10.0. The Morgan fingerprint density at radius 2 is 2.00 bits per heavy atom. The standard InChI is InChI=1S/C9H14O3/c10-9(3-1-2-4-9)8-7-11-5-6-12-8/h7,10H,1-6H2. The average Bonchev–Trinajstić information content (AvgIpc) is 2.55. The average molecular weight is 170 g/mol. The Morgan fingerprint density at radius 3 is 2.58 bits per heavy atom. The van der Waals surface area contributed by atoms with Crippen molar-refractivity contribution in [1.29, 1.82) is 0 Å². The van der Waals surface area contributed by atoms with Gasteiger partial charge >= 0.3 is 0 Å². The van der Waals surface area contributed by atoms with E-state index in [-0.39, 0.29) is 0 Å². The molecule has 12 heavy (non-hydrogen) atoms. The maximum absolute atomic E-state index is 10.0. The van der Waals surface area contributed by atoms with Gasteiger partial charge in [-0.15, -0.1) is 0 Å². The molecule has 2 aliphatic rings. The van der Waals surface area contributed by atoms with Gasteiger partial charge in [0.1, 0.15) is 25.1 Å². The predicted octanol–water partition coefficient (Wildman–Crippen LogP) is 1.18. The Morgan fingerprint density at radius 1 is 1.25 bits per heavy atom. The monoisotopic (exact) mass is 170 g/mol. The van der Waals surface area contributed by atoms with E-state index in [2.05, 4.69) is 0 Å². The summed E-state index contributed by atoms with van der Waals surface area (Å²) in [7, 11) is 0. The van der Waals surface area contributed by atoms with Crippen molar-refractivity contribution in [2.24, 2.45) is 0 Å². The topological polar surface area (TPSA) is 38.7 Å². The summed E-state index contributed by atoms with van der Waals surface area (Å²) >= 11 is 0. The van der Waals surface area contributed by atoms with Gasteiger partial charge in [-0.25, -0.2) is 0 Å². The fourth-order valence-electron chi connectivity index (χ4n) is 1.82. The van der Waals surface area contributed by atoms with Crippen LogP contribution in [0.25, 0.3) is 0 Å². The van der Waals surface area contributed by atoms with E-state index in [4.69, 9.17) is 9.47 Å². The van der Waals surface area contributed by atoms with Crippen molar-refractivity contribution in [3.8, 4) is 0 Å². The van der Waals surface area contributed by atoms with Gasteiger partial charge in [0, 0.05) is 0 Å². The van der Waals surface area contributed by atoms with Crippen LogP contribution >= 0.6 is 0 Å². The smallest absolute Gasteiger partial charge is 0.162 e. The summed E-state index contributed by atoms with van der Waals surface area (Å²) in [6.45, 7) is 1.16. The first kappa shape index (κ1) is 7.92. The van der Waals surface area contributed by atoms with Gasteiger partial charge in [-0.3, -0.25) is 0 Å². The Kier molecular flexibility index (Phi) is 1.97. The molecular formula is C9H14O3. The summed E-state index contributed by atoms with van der Waals surface area (Å²) in [5.41, 5.74) is -0.722. The summed E-state index contributed by atoms with van der Waals surface area (Å²) in [4.78, 5) is 0. The number of hydrogen-bond acceptors (Lipinski definition) is 3. The van der Waals surface area contributed by atoms with Gasteiger partial charge in [-0.05, 0) is 25.7 Å². The van der Waals surface area contributed by atoms with Gasteiger partial charge in [0.05, 0.1) is 0 Å². The fourth-order valence-corrected chi connectivity index (χ4v) is 1.82. The molecule has 1 heterocycles. The molecule has 1 fully saturated rings. The van der Waals surface area contributed by atoms with Crippen molar-refractivity contribution >= 4 is 0 Å². The highest BCUT2D eigenvalue weighted by molar-refractivity contribution is 5.10. The van der Waals surface area contributed by atoms with Crippen LogP contribution in [0.4, 0.5) is 0 Å². The van der Waals surface area contributed by atoms with Crippen LogP contribution < -0.4 is 0 Å². The van der Waals surface area contributed by atoms with Crippen LogP contribution in [0.5, 0.6) is 0 Å². The minimum absolute atomic E-state index is 0.564. The van der Waals surface area contributed by atoms with Gasteiger partial charge in [0.2, 0.25) is 0 Å². The molecule has 1 saturated carbocycles.